The molecule has 20 heteroatoms. The Hall–Kier alpha value is -8.23. The minimum Gasteiger partial charge on any atom is -0.461 e. The third-order valence-electron chi connectivity index (χ3n) is 17.3. The van der Waals surface area contributed by atoms with Gasteiger partial charge in [0.05, 0.1) is 32.5 Å². The summed E-state index contributed by atoms with van der Waals surface area (Å²) in [6, 6.07) is 16.7. The largest absolute Gasteiger partial charge is 0.461 e. The summed E-state index contributed by atoms with van der Waals surface area (Å²) in [6.07, 6.45) is 30.8. The van der Waals surface area contributed by atoms with Gasteiger partial charge in [-0.05, 0) is 172 Å². The van der Waals surface area contributed by atoms with Crippen molar-refractivity contribution < 1.29 is 90.6 Å². The van der Waals surface area contributed by atoms with Gasteiger partial charge in [-0.2, -0.15) is 0 Å². The van der Waals surface area contributed by atoms with Crippen LogP contribution in [0.15, 0.2) is 91.1 Å². The van der Waals surface area contributed by atoms with Gasteiger partial charge < -0.3 is 42.7 Å². The number of imide groups is 1. The fraction of sp³-hybridized carbons (Fsp3) is 0.562. The third-order valence-corrected chi connectivity index (χ3v) is 17.3. The van der Waals surface area contributed by atoms with E-state index < -0.39 is 11.9 Å². The maximum Gasteiger partial charge on any atom is 0.310 e. The number of likely N-dealkylation sites (tertiary alicyclic amines) is 1. The number of carbonyl (C=O) groups is 11. The summed E-state index contributed by atoms with van der Waals surface area (Å²) in [7, 11) is 0. The number of unbranched alkanes of at least 4 members (excludes halogenated alkanes) is 5. The van der Waals surface area contributed by atoms with E-state index in [0.717, 1.165) is 149 Å². The SMILES string of the molecule is CC(=O)CCCCCCc1cc(COC(C)=O)ccc1CC(=O)OC1/C=C/CCCOC1.CC(=O)OCc1ccc(CC(=O)OC2/C=C/CCCCC2)c(C(=O)CCCN2C(=O)CC(C)C2=O)c1.CCC(=O)CCCCCc1cc(COC(C)=O)ccc1CC(=O)OC1/C=C/CCCOC1. The smallest absolute Gasteiger partial charge is 0.310 e. The first-order chi connectivity index (χ1) is 48.1. The van der Waals surface area contributed by atoms with E-state index in [1.165, 1.54) is 25.7 Å². The molecule has 0 spiro atoms. The molecule has 0 radical (unpaired) electrons. The van der Waals surface area contributed by atoms with E-state index in [4.69, 9.17) is 37.9 Å². The molecule has 0 aromatic heterocycles. The van der Waals surface area contributed by atoms with Gasteiger partial charge in [0.1, 0.15) is 49.7 Å². The Morgan fingerprint density at radius 2 is 0.950 bits per heavy atom. The maximum atomic E-state index is 13.2. The summed E-state index contributed by atoms with van der Waals surface area (Å²) >= 11 is 0. The van der Waals surface area contributed by atoms with Crippen molar-refractivity contribution in [1.29, 1.82) is 0 Å². The molecule has 4 unspecified atom stereocenters. The summed E-state index contributed by atoms with van der Waals surface area (Å²) < 4.78 is 43.3. The second-order valence-electron chi connectivity index (χ2n) is 26.1. The Balaban J connectivity index is 0.000000271. The molecule has 3 heterocycles. The van der Waals surface area contributed by atoms with Crippen LogP contribution in [0.5, 0.6) is 0 Å². The van der Waals surface area contributed by atoms with Crippen molar-refractivity contribution in [3.63, 3.8) is 0 Å². The molecule has 4 aliphatic rings. The number of ketones is 3. The molecule has 100 heavy (non-hydrogen) atoms. The minimum absolute atomic E-state index is 0.0158. The molecule has 4 atom stereocenters. The number of ether oxygens (including phenoxy) is 8. The van der Waals surface area contributed by atoms with Crippen LogP contribution in [0.3, 0.4) is 0 Å². The van der Waals surface area contributed by atoms with E-state index in [0.29, 0.717) is 74.6 Å². The Bertz CT molecular complexity index is 3270. The normalized spacial score (nSPS) is 18.5. The number of amides is 2. The highest BCUT2D eigenvalue weighted by Gasteiger charge is 2.35. The van der Waals surface area contributed by atoms with Crippen LogP contribution in [0.4, 0.5) is 0 Å². The first-order valence-electron chi connectivity index (χ1n) is 36.0. The second-order valence-corrected chi connectivity index (χ2v) is 26.1. The molecule has 1 saturated heterocycles. The molecular formula is C80H107NO19. The monoisotopic (exact) mass is 1390 g/mol. The number of carbonyl (C=O) groups excluding carboxylic acids is 11. The summed E-state index contributed by atoms with van der Waals surface area (Å²) in [5.74, 6) is -2.47. The van der Waals surface area contributed by atoms with Gasteiger partial charge in [-0.1, -0.05) is 106 Å². The molecule has 3 aromatic carbocycles. The molecule has 3 aromatic rings. The predicted molar refractivity (Wildman–Crippen MR) is 376 cm³/mol. The van der Waals surface area contributed by atoms with Crippen molar-refractivity contribution in [2.45, 2.75) is 253 Å². The molecule has 7 rings (SSSR count). The second kappa shape index (κ2) is 47.0. The summed E-state index contributed by atoms with van der Waals surface area (Å²) in [5.41, 5.74) is 7.30. The number of hydrogen-bond acceptors (Lipinski definition) is 19. The van der Waals surface area contributed by atoms with Gasteiger partial charge in [-0.25, -0.2) is 0 Å². The van der Waals surface area contributed by atoms with Crippen molar-refractivity contribution in [3.05, 3.63) is 141 Å². The lowest BCUT2D eigenvalue weighted by molar-refractivity contribution is -0.149. The Labute approximate surface area is 591 Å². The Morgan fingerprint density at radius 3 is 1.45 bits per heavy atom. The minimum atomic E-state index is -0.433. The highest BCUT2D eigenvalue weighted by Crippen LogP contribution is 2.25. The first-order valence-corrected chi connectivity index (χ1v) is 36.0. The van der Waals surface area contributed by atoms with Gasteiger partial charge in [-0.15, -0.1) is 0 Å². The average Bonchev–Trinajstić information content (AvgIpc) is 0.908. The molecule has 3 aliphatic heterocycles. The van der Waals surface area contributed by atoms with Gasteiger partial charge in [0, 0.05) is 84.1 Å². The molecule has 1 fully saturated rings. The number of allylic oxidation sites excluding steroid dienone is 3. The van der Waals surface area contributed by atoms with E-state index in [-0.39, 0.29) is 130 Å². The predicted octanol–water partition coefficient (Wildman–Crippen LogP) is 13.4. The van der Waals surface area contributed by atoms with Crippen LogP contribution in [-0.4, -0.2) is 121 Å². The third kappa shape index (κ3) is 33.8. The summed E-state index contributed by atoms with van der Waals surface area (Å²) in [6.45, 7) is 12.1. The molecule has 0 N–H and O–H groups in total. The fourth-order valence-electron chi connectivity index (χ4n) is 11.8. The molecule has 546 valence electrons. The first kappa shape index (κ1) is 82.4. The van der Waals surface area contributed by atoms with Crippen molar-refractivity contribution in [1.82, 2.24) is 4.90 Å². The number of benzene rings is 3. The molecule has 0 bridgehead atoms. The van der Waals surface area contributed by atoms with Crippen LogP contribution in [0.1, 0.15) is 238 Å². The van der Waals surface area contributed by atoms with Gasteiger partial charge in [-0.3, -0.25) is 52.8 Å². The number of rotatable bonds is 34. The standard InChI is InChI=1S/C28H35NO7.2C26H36O6/c1-19-15-26(32)29(28(19)34)14-8-11-25(31)24-16-21(18-35-20(2)30)12-13-22(24)17-27(33)36-23-9-6-4-3-5-7-10-23;1-20(27)10-6-3-4-7-11-23-16-22(18-31-21(2)28)13-14-24(23)17-26(29)32-25-12-8-5-9-15-30-19-25;1-3-24(28)11-7-4-6-10-22-16-21(18-31-20(2)27)13-14-23(22)17-26(29)32-25-12-8-5-9-15-30-19-25/h6,9,12-13,16,19,23H,3-5,7-8,10-11,14-15,17-18H2,1-2H3;2*8,12-14,16,25H,3-7,9-11,15,17-19H2,1-2H3/b9-6+;2*12-8+. The maximum absolute atomic E-state index is 13.2. The van der Waals surface area contributed by atoms with E-state index in [1.807, 2.05) is 79.8 Å². The highest BCUT2D eigenvalue weighted by atomic mass is 16.6. The van der Waals surface area contributed by atoms with E-state index in [9.17, 15) is 52.7 Å². The number of aryl methyl sites for hydroxylation is 2. The van der Waals surface area contributed by atoms with Crippen LogP contribution in [0.2, 0.25) is 0 Å². The molecule has 2 amide bonds. The van der Waals surface area contributed by atoms with Crippen molar-refractivity contribution >= 4 is 65.0 Å². The number of Topliss-reactive ketones (excluding diaryl/α,β-unsaturated/α-hetero) is 3. The van der Waals surface area contributed by atoms with Crippen LogP contribution in [0.25, 0.3) is 0 Å². The van der Waals surface area contributed by atoms with Crippen LogP contribution < -0.4 is 0 Å². The fourth-order valence-corrected chi connectivity index (χ4v) is 11.8. The quantitative estimate of drug-likeness (QED) is 0.0134. The van der Waals surface area contributed by atoms with Gasteiger partial charge >= 0.3 is 35.8 Å². The molecular weight excluding hydrogens is 1280 g/mol. The van der Waals surface area contributed by atoms with Crippen LogP contribution in [0, 0.1) is 5.92 Å². The zero-order chi connectivity index (χ0) is 72.4. The molecule has 1 aliphatic carbocycles. The van der Waals surface area contributed by atoms with Crippen LogP contribution in [-0.2, 0) is 138 Å². The van der Waals surface area contributed by atoms with E-state index in [1.54, 1.807) is 32.0 Å². The van der Waals surface area contributed by atoms with Crippen molar-refractivity contribution in [2.24, 2.45) is 5.92 Å². The zero-order valence-corrected chi connectivity index (χ0v) is 59.9. The van der Waals surface area contributed by atoms with Gasteiger partial charge in [0.15, 0.2) is 5.78 Å². The number of esters is 6. The number of nitrogens with zero attached hydrogens (tertiary/aromatic N) is 1. The highest BCUT2D eigenvalue weighted by molar-refractivity contribution is 6.03. The Morgan fingerprint density at radius 1 is 0.490 bits per heavy atom. The van der Waals surface area contributed by atoms with Crippen LogP contribution >= 0.6 is 0 Å². The Kier molecular flexibility index (Phi) is 38.7. The van der Waals surface area contributed by atoms with Gasteiger partial charge in [0.2, 0.25) is 11.8 Å². The molecule has 0 saturated carbocycles. The average molecular weight is 1390 g/mol. The van der Waals surface area contributed by atoms with Crippen molar-refractivity contribution in [2.75, 3.05) is 33.0 Å². The molecule has 20 nitrogen and oxygen atoms in total. The number of hydrogen-bond donors (Lipinski definition) is 0. The lowest BCUT2D eigenvalue weighted by atomic mass is 9.96. The zero-order valence-electron chi connectivity index (χ0n) is 59.9. The van der Waals surface area contributed by atoms with Gasteiger partial charge in [0.25, 0.3) is 0 Å². The van der Waals surface area contributed by atoms with Crippen molar-refractivity contribution in [3.8, 4) is 0 Å². The van der Waals surface area contributed by atoms with E-state index >= 15 is 0 Å². The lowest BCUT2D eigenvalue weighted by Crippen LogP contribution is -2.31. The lowest BCUT2D eigenvalue weighted by Gasteiger charge is -2.17. The summed E-state index contributed by atoms with van der Waals surface area (Å²) in [5, 5.41) is 0. The van der Waals surface area contributed by atoms with E-state index in [2.05, 4.69) is 0 Å². The topological polar surface area (TPSA) is 265 Å². The summed E-state index contributed by atoms with van der Waals surface area (Å²) in [4.78, 5) is 133.